The van der Waals surface area contributed by atoms with Gasteiger partial charge in [0.25, 0.3) is 5.89 Å². The number of allylic oxidation sites excluding steroid dienone is 1. The first-order chi connectivity index (χ1) is 17.6. The number of para-hydroxylation sites is 1. The Hall–Kier alpha value is -4.59. The third-order valence-electron chi connectivity index (χ3n) is 6.51. The normalized spacial score (nSPS) is 16.9. The van der Waals surface area contributed by atoms with Gasteiger partial charge < -0.3 is 19.3 Å². The second-order valence-corrected chi connectivity index (χ2v) is 8.64. The number of aromatic nitrogens is 2. The molecule has 3 heterocycles. The van der Waals surface area contributed by atoms with E-state index < -0.39 is 6.04 Å². The summed E-state index contributed by atoms with van der Waals surface area (Å²) in [5, 5.41) is 7.39. The van der Waals surface area contributed by atoms with Crippen molar-refractivity contribution in [2.45, 2.75) is 26.3 Å². The summed E-state index contributed by atoms with van der Waals surface area (Å²) in [7, 11) is 0. The number of carbonyl (C=O) groups excluding carboxylic acids is 1. The molecule has 180 valence electrons. The SMILES string of the molecule is CCc1ccc(C2NC(=O)N(c3ccccc3)C(C)=C2c2nc(-c3ccc4c(c3)OCO4)no2)cc1. The first-order valence-corrected chi connectivity index (χ1v) is 11.8. The van der Waals surface area contributed by atoms with Crippen LogP contribution in [0.4, 0.5) is 10.5 Å². The Balaban J connectivity index is 1.46. The van der Waals surface area contributed by atoms with Gasteiger partial charge in [0.05, 0.1) is 17.3 Å². The number of nitrogens with zero attached hydrogens (tertiary/aromatic N) is 3. The van der Waals surface area contributed by atoms with Crippen molar-refractivity contribution in [3.63, 3.8) is 0 Å². The maximum Gasteiger partial charge on any atom is 0.326 e. The van der Waals surface area contributed by atoms with E-state index in [0.717, 1.165) is 34.5 Å². The van der Waals surface area contributed by atoms with Gasteiger partial charge in [-0.15, -0.1) is 0 Å². The predicted octanol–water partition coefficient (Wildman–Crippen LogP) is 5.73. The zero-order chi connectivity index (χ0) is 24.6. The van der Waals surface area contributed by atoms with Crippen LogP contribution in [0.25, 0.3) is 17.0 Å². The molecule has 1 aromatic heterocycles. The van der Waals surface area contributed by atoms with Gasteiger partial charge in [0.15, 0.2) is 11.5 Å². The van der Waals surface area contributed by atoms with Gasteiger partial charge in [-0.25, -0.2) is 4.79 Å². The van der Waals surface area contributed by atoms with Gasteiger partial charge in [0, 0.05) is 11.3 Å². The highest BCUT2D eigenvalue weighted by molar-refractivity contribution is 6.01. The Morgan fingerprint density at radius 1 is 1.00 bits per heavy atom. The number of aryl methyl sites for hydroxylation is 1. The molecule has 0 bridgehead atoms. The highest BCUT2D eigenvalue weighted by Crippen LogP contribution is 2.40. The minimum Gasteiger partial charge on any atom is -0.454 e. The predicted molar refractivity (Wildman–Crippen MR) is 134 cm³/mol. The first-order valence-electron chi connectivity index (χ1n) is 11.8. The van der Waals surface area contributed by atoms with Crippen LogP contribution >= 0.6 is 0 Å². The Morgan fingerprint density at radius 2 is 1.78 bits per heavy atom. The van der Waals surface area contributed by atoms with Gasteiger partial charge >= 0.3 is 6.03 Å². The van der Waals surface area contributed by atoms with E-state index in [1.807, 2.05) is 67.6 Å². The average Bonchev–Trinajstić information content (AvgIpc) is 3.58. The fraction of sp³-hybridized carbons (Fsp3) is 0.179. The lowest BCUT2D eigenvalue weighted by molar-refractivity contribution is 0.174. The number of hydrogen-bond acceptors (Lipinski definition) is 6. The Labute approximate surface area is 208 Å². The van der Waals surface area contributed by atoms with Crippen LogP contribution in [0.3, 0.4) is 0 Å². The molecule has 1 atom stereocenters. The van der Waals surface area contributed by atoms with E-state index in [9.17, 15) is 4.79 Å². The molecule has 8 heteroatoms. The molecule has 1 N–H and O–H groups in total. The number of ether oxygens (including phenoxy) is 2. The molecule has 0 radical (unpaired) electrons. The van der Waals surface area contributed by atoms with Gasteiger partial charge in [0.2, 0.25) is 12.6 Å². The van der Waals surface area contributed by atoms with Crippen molar-refractivity contribution in [1.82, 2.24) is 15.5 Å². The van der Waals surface area contributed by atoms with Gasteiger partial charge in [-0.3, -0.25) is 4.90 Å². The molecule has 0 spiro atoms. The number of anilines is 1. The highest BCUT2D eigenvalue weighted by Gasteiger charge is 2.36. The summed E-state index contributed by atoms with van der Waals surface area (Å²) in [5.41, 5.74) is 5.11. The van der Waals surface area contributed by atoms with Crippen molar-refractivity contribution >= 4 is 17.3 Å². The number of urea groups is 1. The summed E-state index contributed by atoms with van der Waals surface area (Å²) < 4.78 is 16.7. The number of rotatable bonds is 5. The van der Waals surface area contributed by atoms with E-state index in [4.69, 9.17) is 19.0 Å². The van der Waals surface area contributed by atoms with Crippen LogP contribution in [0.5, 0.6) is 11.5 Å². The number of fused-ring (bicyclic) bond motifs is 1. The maximum atomic E-state index is 13.3. The minimum absolute atomic E-state index is 0.190. The van der Waals surface area contributed by atoms with Crippen molar-refractivity contribution in [2.24, 2.45) is 0 Å². The van der Waals surface area contributed by atoms with Crippen LogP contribution in [0, 0.1) is 0 Å². The topological polar surface area (TPSA) is 89.7 Å². The second kappa shape index (κ2) is 8.88. The second-order valence-electron chi connectivity index (χ2n) is 8.64. The fourth-order valence-electron chi connectivity index (χ4n) is 4.59. The molecule has 0 saturated heterocycles. The molecule has 1 unspecified atom stereocenters. The van der Waals surface area contributed by atoms with Gasteiger partial charge in [-0.2, -0.15) is 4.98 Å². The minimum atomic E-state index is -0.451. The number of nitrogens with one attached hydrogen (secondary N) is 1. The maximum absolute atomic E-state index is 13.3. The Bertz CT molecular complexity index is 1460. The highest BCUT2D eigenvalue weighted by atomic mass is 16.7. The lowest BCUT2D eigenvalue weighted by atomic mass is 9.93. The van der Waals surface area contributed by atoms with Crippen molar-refractivity contribution in [1.29, 1.82) is 0 Å². The van der Waals surface area contributed by atoms with Gasteiger partial charge in [0.1, 0.15) is 0 Å². The summed E-state index contributed by atoms with van der Waals surface area (Å²) in [6, 6.07) is 22.6. The van der Waals surface area contributed by atoms with E-state index in [-0.39, 0.29) is 12.8 Å². The van der Waals surface area contributed by atoms with Crippen LogP contribution in [0.1, 0.15) is 36.9 Å². The number of benzene rings is 3. The van der Waals surface area contributed by atoms with Crippen LogP contribution in [-0.2, 0) is 6.42 Å². The smallest absolute Gasteiger partial charge is 0.326 e. The van der Waals surface area contributed by atoms with Crippen LogP contribution in [-0.4, -0.2) is 23.0 Å². The van der Waals surface area contributed by atoms with Crippen molar-refractivity contribution in [3.8, 4) is 22.9 Å². The standard InChI is InChI=1S/C28H24N4O4/c1-3-18-9-11-19(12-10-18)25-24(17(2)32(28(33)29-25)21-7-5-4-6-8-21)27-30-26(31-36-27)20-13-14-22-23(15-20)35-16-34-22/h4-15,25H,3,16H2,1-2H3,(H,29,33). The number of hydrogen-bond donors (Lipinski definition) is 1. The third-order valence-corrected chi connectivity index (χ3v) is 6.51. The number of amides is 2. The Kier molecular flexibility index (Phi) is 5.41. The zero-order valence-electron chi connectivity index (χ0n) is 19.9. The summed E-state index contributed by atoms with van der Waals surface area (Å²) in [4.78, 5) is 19.7. The fourth-order valence-corrected chi connectivity index (χ4v) is 4.59. The molecule has 0 fully saturated rings. The molecule has 4 aromatic rings. The molecule has 3 aromatic carbocycles. The summed E-state index contributed by atoms with van der Waals surface area (Å²) in [5.74, 6) is 2.09. The first kappa shape index (κ1) is 21.9. The zero-order valence-corrected chi connectivity index (χ0v) is 19.9. The van der Waals surface area contributed by atoms with Crippen LogP contribution in [0.2, 0.25) is 0 Å². The molecule has 2 amide bonds. The Morgan fingerprint density at radius 3 is 2.56 bits per heavy atom. The molecule has 8 nitrogen and oxygen atoms in total. The van der Waals surface area contributed by atoms with Crippen molar-refractivity contribution in [2.75, 3.05) is 11.7 Å². The van der Waals surface area contributed by atoms with Crippen molar-refractivity contribution in [3.05, 3.63) is 95.5 Å². The van der Waals surface area contributed by atoms with Gasteiger partial charge in [-0.05, 0) is 54.8 Å². The lowest BCUT2D eigenvalue weighted by Crippen LogP contribution is -2.46. The molecule has 2 aliphatic rings. The third kappa shape index (κ3) is 3.76. The summed E-state index contributed by atoms with van der Waals surface area (Å²) >= 11 is 0. The number of carbonyl (C=O) groups is 1. The van der Waals surface area contributed by atoms with Crippen LogP contribution in [0.15, 0.2) is 83.0 Å². The summed E-state index contributed by atoms with van der Waals surface area (Å²) in [6.07, 6.45) is 0.934. The van der Waals surface area contributed by atoms with E-state index >= 15 is 0 Å². The molecular formula is C28H24N4O4. The summed E-state index contributed by atoms with van der Waals surface area (Å²) in [6.45, 7) is 4.20. The molecule has 2 aliphatic heterocycles. The van der Waals surface area contributed by atoms with Gasteiger partial charge in [-0.1, -0.05) is 54.5 Å². The van der Waals surface area contributed by atoms with Crippen molar-refractivity contribution < 1.29 is 18.8 Å². The molecule has 6 rings (SSSR count). The lowest BCUT2D eigenvalue weighted by Gasteiger charge is -2.35. The van der Waals surface area contributed by atoms with E-state index in [1.54, 1.807) is 4.90 Å². The average molecular weight is 481 g/mol. The van der Waals surface area contributed by atoms with E-state index in [1.165, 1.54) is 5.56 Å². The monoisotopic (exact) mass is 480 g/mol. The molecule has 36 heavy (non-hydrogen) atoms. The van der Waals surface area contributed by atoms with E-state index in [0.29, 0.717) is 23.2 Å². The molecule has 0 aliphatic carbocycles. The molecule has 0 saturated carbocycles. The van der Waals surface area contributed by atoms with E-state index in [2.05, 4.69) is 29.5 Å². The largest absolute Gasteiger partial charge is 0.454 e. The van der Waals surface area contributed by atoms with Crippen LogP contribution < -0.4 is 19.7 Å². The quantitative estimate of drug-likeness (QED) is 0.392. The molecular weight excluding hydrogens is 456 g/mol.